The van der Waals surface area contributed by atoms with E-state index in [9.17, 15) is 0 Å². The van der Waals surface area contributed by atoms with Crippen LogP contribution in [0, 0.1) is 5.92 Å². The van der Waals surface area contributed by atoms with E-state index in [1.807, 2.05) is 0 Å². The van der Waals surface area contributed by atoms with Gasteiger partial charge >= 0.3 is 0 Å². The smallest absolute Gasteiger partial charge is 0.0233 e. The molecule has 1 heterocycles. The summed E-state index contributed by atoms with van der Waals surface area (Å²) in [7, 11) is 0. The highest BCUT2D eigenvalue weighted by Gasteiger charge is 2.19. The molecule has 0 aromatic heterocycles. The molecule has 0 saturated carbocycles. The topological polar surface area (TPSA) is 29.3 Å². The van der Waals surface area contributed by atoms with Gasteiger partial charge in [0.1, 0.15) is 0 Å². The number of piperidine rings is 1. The van der Waals surface area contributed by atoms with Gasteiger partial charge in [-0.05, 0) is 55.3 Å². The molecule has 1 aliphatic rings. The van der Waals surface area contributed by atoms with Crippen LogP contribution in [0.5, 0.6) is 0 Å². The molecule has 0 amide bonds. The number of nitrogens with two attached hydrogens (primary N) is 1. The molecule has 2 N–H and O–H groups in total. The van der Waals surface area contributed by atoms with Gasteiger partial charge in [-0.3, -0.25) is 4.90 Å². The third-order valence-electron chi connectivity index (χ3n) is 4.23. The summed E-state index contributed by atoms with van der Waals surface area (Å²) in [6.07, 6.45) is 3.87. The Bertz CT molecular complexity index is 367. The summed E-state index contributed by atoms with van der Waals surface area (Å²) in [6.45, 7) is 8.89. The maximum absolute atomic E-state index is 5.68. The molecule has 2 rings (SSSR count). The van der Waals surface area contributed by atoms with Crippen LogP contribution in [0.2, 0.25) is 0 Å². The van der Waals surface area contributed by atoms with Gasteiger partial charge in [0.05, 0.1) is 0 Å². The number of hydrogen-bond donors (Lipinski definition) is 1. The van der Waals surface area contributed by atoms with Gasteiger partial charge in [0.2, 0.25) is 0 Å². The van der Waals surface area contributed by atoms with Gasteiger partial charge in [-0.25, -0.2) is 0 Å². The lowest BCUT2D eigenvalue weighted by Crippen LogP contribution is -2.35. The van der Waals surface area contributed by atoms with Crippen LogP contribution >= 0.6 is 0 Å². The third kappa shape index (κ3) is 4.32. The number of rotatable bonds is 5. The molecule has 19 heavy (non-hydrogen) atoms. The lowest BCUT2D eigenvalue weighted by atomic mass is 9.94. The number of likely N-dealkylation sites (tertiary alicyclic amines) is 1. The molecule has 1 aromatic carbocycles. The fourth-order valence-corrected chi connectivity index (χ4v) is 3.03. The Labute approximate surface area is 118 Å². The fourth-order valence-electron chi connectivity index (χ4n) is 3.03. The van der Waals surface area contributed by atoms with Crippen molar-refractivity contribution in [3.63, 3.8) is 0 Å². The van der Waals surface area contributed by atoms with Crippen LogP contribution in [0.4, 0.5) is 0 Å². The van der Waals surface area contributed by atoms with E-state index in [0.717, 1.165) is 19.0 Å². The maximum Gasteiger partial charge on any atom is 0.0233 e. The van der Waals surface area contributed by atoms with Gasteiger partial charge in [0.25, 0.3) is 0 Å². The van der Waals surface area contributed by atoms with Crippen molar-refractivity contribution in [3.05, 3.63) is 35.4 Å². The van der Waals surface area contributed by atoms with E-state index in [1.165, 1.54) is 43.5 Å². The first-order chi connectivity index (χ1) is 9.19. The highest BCUT2D eigenvalue weighted by atomic mass is 15.1. The summed E-state index contributed by atoms with van der Waals surface area (Å²) in [4.78, 5) is 2.59. The van der Waals surface area contributed by atoms with E-state index in [4.69, 9.17) is 5.73 Å². The van der Waals surface area contributed by atoms with Crippen molar-refractivity contribution in [2.45, 2.75) is 45.6 Å². The molecule has 0 bridgehead atoms. The first kappa shape index (κ1) is 14.5. The van der Waals surface area contributed by atoms with Gasteiger partial charge < -0.3 is 5.73 Å². The SMILES string of the molecule is CC(C)c1ccc(CN2CCCC(CCN)C2)cc1. The summed E-state index contributed by atoms with van der Waals surface area (Å²) in [5.74, 6) is 1.44. The lowest BCUT2D eigenvalue weighted by Gasteiger charge is -2.32. The van der Waals surface area contributed by atoms with Crippen LogP contribution in [-0.2, 0) is 6.54 Å². The van der Waals surface area contributed by atoms with Crippen LogP contribution in [0.3, 0.4) is 0 Å². The van der Waals surface area contributed by atoms with Crippen molar-refractivity contribution in [2.75, 3.05) is 19.6 Å². The van der Waals surface area contributed by atoms with E-state index >= 15 is 0 Å². The molecule has 106 valence electrons. The molecule has 1 aliphatic heterocycles. The number of nitrogens with zero attached hydrogens (tertiary/aromatic N) is 1. The second kappa shape index (κ2) is 7.06. The summed E-state index contributed by atoms with van der Waals surface area (Å²) in [6, 6.07) is 9.15. The summed E-state index contributed by atoms with van der Waals surface area (Å²) < 4.78 is 0. The zero-order valence-corrected chi connectivity index (χ0v) is 12.4. The Morgan fingerprint density at radius 3 is 2.63 bits per heavy atom. The molecule has 1 aromatic rings. The average molecular weight is 260 g/mol. The Morgan fingerprint density at radius 1 is 1.26 bits per heavy atom. The van der Waals surface area contributed by atoms with Gasteiger partial charge in [0.15, 0.2) is 0 Å². The van der Waals surface area contributed by atoms with Crippen molar-refractivity contribution >= 4 is 0 Å². The van der Waals surface area contributed by atoms with Crippen molar-refractivity contribution in [1.29, 1.82) is 0 Å². The maximum atomic E-state index is 5.68. The van der Waals surface area contributed by atoms with Gasteiger partial charge in [0, 0.05) is 13.1 Å². The van der Waals surface area contributed by atoms with E-state index in [0.29, 0.717) is 5.92 Å². The van der Waals surface area contributed by atoms with E-state index in [-0.39, 0.29) is 0 Å². The molecule has 0 spiro atoms. The minimum Gasteiger partial charge on any atom is -0.330 e. The predicted molar refractivity (Wildman–Crippen MR) is 82.2 cm³/mol. The van der Waals surface area contributed by atoms with Crippen molar-refractivity contribution in [1.82, 2.24) is 4.90 Å². The molecule has 1 unspecified atom stereocenters. The van der Waals surface area contributed by atoms with Crippen LogP contribution in [0.15, 0.2) is 24.3 Å². The van der Waals surface area contributed by atoms with Crippen molar-refractivity contribution in [2.24, 2.45) is 11.7 Å². The standard InChI is InChI=1S/C17H28N2/c1-14(2)17-7-5-16(6-8-17)13-19-11-3-4-15(12-19)9-10-18/h5-8,14-15H,3-4,9-13,18H2,1-2H3. The minimum atomic E-state index is 0.623. The highest BCUT2D eigenvalue weighted by molar-refractivity contribution is 5.24. The highest BCUT2D eigenvalue weighted by Crippen LogP contribution is 2.21. The fraction of sp³-hybridized carbons (Fsp3) is 0.647. The van der Waals surface area contributed by atoms with Crippen LogP contribution in [0.1, 0.15) is 50.2 Å². The number of benzene rings is 1. The Balaban J connectivity index is 1.89. The van der Waals surface area contributed by atoms with Gasteiger partial charge in [-0.15, -0.1) is 0 Å². The number of hydrogen-bond acceptors (Lipinski definition) is 2. The predicted octanol–water partition coefficient (Wildman–Crippen LogP) is 3.37. The molecule has 2 heteroatoms. The van der Waals surface area contributed by atoms with Gasteiger partial charge in [-0.1, -0.05) is 38.1 Å². The minimum absolute atomic E-state index is 0.623. The van der Waals surface area contributed by atoms with Crippen LogP contribution in [-0.4, -0.2) is 24.5 Å². The Kier molecular flexibility index (Phi) is 5.41. The summed E-state index contributed by atoms with van der Waals surface area (Å²) >= 11 is 0. The first-order valence-electron chi connectivity index (χ1n) is 7.70. The Morgan fingerprint density at radius 2 is 2.00 bits per heavy atom. The molecular weight excluding hydrogens is 232 g/mol. The quantitative estimate of drug-likeness (QED) is 0.879. The van der Waals surface area contributed by atoms with Crippen LogP contribution < -0.4 is 5.73 Å². The molecule has 1 fully saturated rings. The van der Waals surface area contributed by atoms with Crippen LogP contribution in [0.25, 0.3) is 0 Å². The van der Waals surface area contributed by atoms with Gasteiger partial charge in [-0.2, -0.15) is 0 Å². The third-order valence-corrected chi connectivity index (χ3v) is 4.23. The average Bonchev–Trinajstić information content (AvgIpc) is 2.40. The second-order valence-electron chi connectivity index (χ2n) is 6.22. The molecule has 1 saturated heterocycles. The molecule has 0 radical (unpaired) electrons. The molecule has 2 nitrogen and oxygen atoms in total. The van der Waals surface area contributed by atoms with Crippen molar-refractivity contribution in [3.8, 4) is 0 Å². The van der Waals surface area contributed by atoms with E-state index < -0.39 is 0 Å². The van der Waals surface area contributed by atoms with Crippen molar-refractivity contribution < 1.29 is 0 Å². The summed E-state index contributed by atoms with van der Waals surface area (Å²) in [5.41, 5.74) is 8.56. The monoisotopic (exact) mass is 260 g/mol. The molecular formula is C17H28N2. The molecule has 0 aliphatic carbocycles. The Hall–Kier alpha value is -0.860. The van der Waals surface area contributed by atoms with E-state index in [1.54, 1.807) is 0 Å². The first-order valence-corrected chi connectivity index (χ1v) is 7.70. The zero-order valence-electron chi connectivity index (χ0n) is 12.4. The second-order valence-corrected chi connectivity index (χ2v) is 6.22. The normalized spacial score (nSPS) is 20.9. The lowest BCUT2D eigenvalue weighted by molar-refractivity contribution is 0.163. The summed E-state index contributed by atoms with van der Waals surface area (Å²) in [5, 5.41) is 0. The van der Waals surface area contributed by atoms with E-state index in [2.05, 4.69) is 43.0 Å². The largest absolute Gasteiger partial charge is 0.330 e. The zero-order chi connectivity index (χ0) is 13.7. The molecule has 1 atom stereocenters.